The molecule has 2 aliphatic heterocycles. The largest absolute Gasteiger partial charge is 0.379 e. The van der Waals surface area contributed by atoms with E-state index in [4.69, 9.17) is 4.74 Å². The SMILES string of the molecule is CC1CSc2ccc(S(=O)(=O)N3CCOCC3)cc2NC1=O. The van der Waals surface area contributed by atoms with Crippen LogP contribution in [-0.4, -0.2) is 50.7 Å². The van der Waals surface area contributed by atoms with Crippen molar-refractivity contribution in [2.24, 2.45) is 5.92 Å². The molecule has 120 valence electrons. The van der Waals surface area contributed by atoms with Crippen LogP contribution in [-0.2, 0) is 19.6 Å². The lowest BCUT2D eigenvalue weighted by Crippen LogP contribution is -2.40. The molecular formula is C14H18N2O4S2. The molecule has 0 radical (unpaired) electrons. The second kappa shape index (κ2) is 6.19. The highest BCUT2D eigenvalue weighted by Crippen LogP contribution is 2.34. The molecule has 1 aromatic carbocycles. The summed E-state index contributed by atoms with van der Waals surface area (Å²) in [5.74, 6) is 0.512. The summed E-state index contributed by atoms with van der Waals surface area (Å²) in [6.07, 6.45) is 0. The van der Waals surface area contributed by atoms with E-state index >= 15 is 0 Å². The number of hydrogen-bond acceptors (Lipinski definition) is 5. The minimum Gasteiger partial charge on any atom is -0.379 e. The Kier molecular flexibility index (Phi) is 4.44. The maximum absolute atomic E-state index is 12.7. The highest BCUT2D eigenvalue weighted by molar-refractivity contribution is 7.99. The zero-order valence-corrected chi connectivity index (χ0v) is 13.9. The van der Waals surface area contributed by atoms with Gasteiger partial charge in [-0.25, -0.2) is 8.42 Å². The fourth-order valence-corrected chi connectivity index (χ4v) is 4.82. The number of anilines is 1. The third-order valence-corrected chi connectivity index (χ3v) is 6.98. The van der Waals surface area contributed by atoms with E-state index in [2.05, 4.69) is 5.32 Å². The van der Waals surface area contributed by atoms with Gasteiger partial charge in [0.05, 0.1) is 23.8 Å². The highest BCUT2D eigenvalue weighted by Gasteiger charge is 2.28. The van der Waals surface area contributed by atoms with Gasteiger partial charge in [0, 0.05) is 29.7 Å². The van der Waals surface area contributed by atoms with Crippen LogP contribution in [0.1, 0.15) is 6.92 Å². The number of carbonyl (C=O) groups excluding carboxylic acids is 1. The predicted molar refractivity (Wildman–Crippen MR) is 84.5 cm³/mol. The molecule has 0 aliphatic carbocycles. The van der Waals surface area contributed by atoms with Gasteiger partial charge in [-0.15, -0.1) is 11.8 Å². The highest BCUT2D eigenvalue weighted by atomic mass is 32.2. The molecular weight excluding hydrogens is 324 g/mol. The fourth-order valence-electron chi connectivity index (χ4n) is 2.38. The van der Waals surface area contributed by atoms with Gasteiger partial charge in [-0.1, -0.05) is 6.92 Å². The van der Waals surface area contributed by atoms with Crippen molar-refractivity contribution in [2.75, 3.05) is 37.4 Å². The fraction of sp³-hybridized carbons (Fsp3) is 0.500. The maximum Gasteiger partial charge on any atom is 0.243 e. The summed E-state index contributed by atoms with van der Waals surface area (Å²) < 4.78 is 31.9. The maximum atomic E-state index is 12.7. The van der Waals surface area contributed by atoms with Gasteiger partial charge in [-0.05, 0) is 18.2 Å². The summed E-state index contributed by atoms with van der Waals surface area (Å²) in [4.78, 5) is 13.1. The normalized spacial score (nSPS) is 23.5. The van der Waals surface area contributed by atoms with Crippen LogP contribution in [0.5, 0.6) is 0 Å². The monoisotopic (exact) mass is 342 g/mol. The first-order chi connectivity index (χ1) is 10.5. The third-order valence-electron chi connectivity index (χ3n) is 3.75. The Morgan fingerprint density at radius 2 is 2.05 bits per heavy atom. The first-order valence-corrected chi connectivity index (χ1v) is 9.56. The van der Waals surface area contributed by atoms with E-state index in [1.807, 2.05) is 6.92 Å². The van der Waals surface area contributed by atoms with Crippen LogP contribution >= 0.6 is 11.8 Å². The Hall–Kier alpha value is -1.09. The first kappa shape index (κ1) is 15.8. The molecule has 1 unspecified atom stereocenters. The van der Waals surface area contributed by atoms with Gasteiger partial charge in [0.2, 0.25) is 15.9 Å². The number of carbonyl (C=O) groups is 1. The summed E-state index contributed by atoms with van der Waals surface area (Å²) in [7, 11) is -3.55. The van der Waals surface area contributed by atoms with Crippen molar-refractivity contribution in [1.29, 1.82) is 0 Å². The van der Waals surface area contributed by atoms with E-state index in [9.17, 15) is 13.2 Å². The molecule has 1 fully saturated rings. The molecule has 1 aromatic rings. The lowest BCUT2D eigenvalue weighted by molar-refractivity contribution is -0.118. The van der Waals surface area contributed by atoms with Gasteiger partial charge < -0.3 is 10.1 Å². The van der Waals surface area contributed by atoms with Crippen molar-refractivity contribution in [3.8, 4) is 0 Å². The average Bonchev–Trinajstić information content (AvgIpc) is 2.67. The smallest absolute Gasteiger partial charge is 0.243 e. The van der Waals surface area contributed by atoms with Gasteiger partial charge >= 0.3 is 0 Å². The third kappa shape index (κ3) is 3.01. The number of fused-ring (bicyclic) bond motifs is 1. The van der Waals surface area contributed by atoms with E-state index < -0.39 is 10.0 Å². The van der Waals surface area contributed by atoms with Crippen molar-refractivity contribution in [1.82, 2.24) is 4.31 Å². The number of thioether (sulfide) groups is 1. The first-order valence-electron chi connectivity index (χ1n) is 7.14. The van der Waals surface area contributed by atoms with Crippen molar-refractivity contribution in [3.63, 3.8) is 0 Å². The molecule has 22 heavy (non-hydrogen) atoms. The molecule has 1 amide bonds. The van der Waals surface area contributed by atoms with Gasteiger partial charge in [-0.2, -0.15) is 4.31 Å². The predicted octanol–water partition coefficient (Wildman–Crippen LogP) is 1.39. The molecule has 2 aliphatic rings. The zero-order valence-electron chi connectivity index (χ0n) is 12.2. The van der Waals surface area contributed by atoms with E-state index in [1.54, 1.807) is 30.0 Å². The van der Waals surface area contributed by atoms with Crippen molar-refractivity contribution < 1.29 is 17.9 Å². The number of hydrogen-bond donors (Lipinski definition) is 1. The van der Waals surface area contributed by atoms with Crippen LogP contribution in [0.25, 0.3) is 0 Å². The molecule has 1 atom stereocenters. The molecule has 1 saturated heterocycles. The number of nitrogens with one attached hydrogen (secondary N) is 1. The summed E-state index contributed by atoms with van der Waals surface area (Å²) in [6, 6.07) is 4.94. The standard InChI is InChI=1S/C14H18N2O4S2/c1-10-9-21-13-3-2-11(8-12(13)15-14(10)17)22(18,19)16-4-6-20-7-5-16/h2-3,8,10H,4-7,9H2,1H3,(H,15,17). The van der Waals surface area contributed by atoms with Gasteiger partial charge in [0.15, 0.2) is 0 Å². The van der Waals surface area contributed by atoms with E-state index in [0.29, 0.717) is 37.7 Å². The van der Waals surface area contributed by atoms with Gasteiger partial charge in [-0.3, -0.25) is 4.79 Å². The van der Waals surface area contributed by atoms with Gasteiger partial charge in [0.25, 0.3) is 0 Å². The molecule has 2 heterocycles. The molecule has 6 nitrogen and oxygen atoms in total. The van der Waals surface area contributed by atoms with Crippen molar-refractivity contribution in [3.05, 3.63) is 18.2 Å². The number of sulfonamides is 1. The number of nitrogens with zero attached hydrogens (tertiary/aromatic N) is 1. The molecule has 0 saturated carbocycles. The molecule has 0 bridgehead atoms. The Morgan fingerprint density at radius 1 is 1.32 bits per heavy atom. The zero-order chi connectivity index (χ0) is 15.7. The minimum atomic E-state index is -3.55. The van der Waals surface area contributed by atoms with Crippen LogP contribution < -0.4 is 5.32 Å². The average molecular weight is 342 g/mol. The lowest BCUT2D eigenvalue weighted by atomic mass is 10.2. The molecule has 8 heteroatoms. The molecule has 1 N–H and O–H groups in total. The van der Waals surface area contributed by atoms with E-state index in [-0.39, 0.29) is 16.7 Å². The van der Waals surface area contributed by atoms with Gasteiger partial charge in [0.1, 0.15) is 0 Å². The second-order valence-electron chi connectivity index (χ2n) is 5.38. The Labute approximate surface area is 134 Å². The summed E-state index contributed by atoms with van der Waals surface area (Å²) >= 11 is 1.56. The summed E-state index contributed by atoms with van der Waals surface area (Å²) in [5.41, 5.74) is 0.577. The number of benzene rings is 1. The van der Waals surface area contributed by atoms with E-state index in [1.165, 1.54) is 4.31 Å². The van der Waals surface area contributed by atoms with Crippen LogP contribution in [0.3, 0.4) is 0 Å². The quantitative estimate of drug-likeness (QED) is 0.879. The summed E-state index contributed by atoms with van der Waals surface area (Å²) in [6.45, 7) is 3.40. The van der Waals surface area contributed by atoms with Crippen LogP contribution in [0, 0.1) is 5.92 Å². The Balaban J connectivity index is 1.93. The van der Waals surface area contributed by atoms with Crippen LogP contribution in [0.4, 0.5) is 5.69 Å². The lowest BCUT2D eigenvalue weighted by Gasteiger charge is -2.26. The Morgan fingerprint density at radius 3 is 2.77 bits per heavy atom. The second-order valence-corrected chi connectivity index (χ2v) is 8.38. The minimum absolute atomic E-state index is 0.0767. The Bertz CT molecular complexity index is 684. The molecule has 0 aromatic heterocycles. The van der Waals surface area contributed by atoms with Crippen molar-refractivity contribution in [2.45, 2.75) is 16.7 Å². The molecule has 0 spiro atoms. The number of rotatable bonds is 2. The van der Waals surface area contributed by atoms with E-state index in [0.717, 1.165) is 4.90 Å². The van der Waals surface area contributed by atoms with Crippen LogP contribution in [0.15, 0.2) is 28.0 Å². The van der Waals surface area contributed by atoms with Crippen molar-refractivity contribution >= 4 is 33.4 Å². The summed E-state index contributed by atoms with van der Waals surface area (Å²) in [5, 5.41) is 2.82. The topological polar surface area (TPSA) is 75.7 Å². The number of ether oxygens (including phenoxy) is 1. The molecule has 3 rings (SSSR count). The number of amides is 1. The number of morpholine rings is 1. The van der Waals surface area contributed by atoms with Crippen LogP contribution in [0.2, 0.25) is 0 Å².